The molecular formula is C16H16ClN3O4S. The number of rotatable bonds is 5. The zero-order valence-electron chi connectivity index (χ0n) is 13.5. The van der Waals surface area contributed by atoms with E-state index < -0.39 is 15.9 Å². The molecule has 2 amide bonds. The molecule has 2 aromatic rings. The van der Waals surface area contributed by atoms with Crippen molar-refractivity contribution in [1.29, 1.82) is 0 Å². The maximum absolute atomic E-state index is 12.4. The third kappa shape index (κ3) is 4.36. The third-order valence-electron chi connectivity index (χ3n) is 3.39. The van der Waals surface area contributed by atoms with E-state index in [1.54, 1.807) is 24.3 Å². The van der Waals surface area contributed by atoms with Gasteiger partial charge < -0.3 is 10.6 Å². The van der Waals surface area contributed by atoms with Gasteiger partial charge in [0, 0.05) is 18.3 Å². The van der Waals surface area contributed by atoms with Crippen LogP contribution in [0.5, 0.6) is 0 Å². The molecule has 2 aromatic carbocycles. The van der Waals surface area contributed by atoms with Crippen molar-refractivity contribution in [3.8, 4) is 0 Å². The van der Waals surface area contributed by atoms with E-state index in [9.17, 15) is 18.0 Å². The highest BCUT2D eigenvalue weighted by Gasteiger charge is 2.17. The van der Waals surface area contributed by atoms with E-state index in [2.05, 4.69) is 15.4 Å². The molecule has 0 heterocycles. The summed E-state index contributed by atoms with van der Waals surface area (Å²) in [5, 5.41) is 5.22. The lowest BCUT2D eigenvalue weighted by Gasteiger charge is -2.09. The molecular weight excluding hydrogens is 366 g/mol. The Balaban J connectivity index is 2.26. The minimum atomic E-state index is -3.69. The fraction of sp³-hybridized carbons (Fsp3) is 0.125. The predicted molar refractivity (Wildman–Crippen MR) is 95.5 cm³/mol. The number of sulfonamides is 1. The minimum absolute atomic E-state index is 0.0216. The molecule has 7 nitrogen and oxygen atoms in total. The van der Waals surface area contributed by atoms with Crippen molar-refractivity contribution in [2.24, 2.45) is 0 Å². The van der Waals surface area contributed by atoms with E-state index in [1.165, 1.54) is 32.3 Å². The van der Waals surface area contributed by atoms with Crippen molar-refractivity contribution in [3.63, 3.8) is 0 Å². The van der Waals surface area contributed by atoms with E-state index in [-0.39, 0.29) is 21.4 Å². The van der Waals surface area contributed by atoms with Crippen molar-refractivity contribution >= 4 is 39.1 Å². The quantitative estimate of drug-likeness (QED) is 0.735. The zero-order valence-corrected chi connectivity index (χ0v) is 15.0. The number of carbonyl (C=O) groups excluding carboxylic acids is 2. The molecule has 0 atom stereocenters. The molecule has 0 fully saturated rings. The monoisotopic (exact) mass is 381 g/mol. The summed E-state index contributed by atoms with van der Waals surface area (Å²) in [4.78, 5) is 23.8. The maximum Gasteiger partial charge on any atom is 0.257 e. The molecule has 0 aliphatic heterocycles. The van der Waals surface area contributed by atoms with Crippen LogP contribution in [-0.4, -0.2) is 34.3 Å². The summed E-state index contributed by atoms with van der Waals surface area (Å²) in [5.41, 5.74) is 0.907. The topological polar surface area (TPSA) is 104 Å². The number of amides is 2. The van der Waals surface area contributed by atoms with Crippen LogP contribution in [0.4, 0.5) is 5.69 Å². The average Bonchev–Trinajstić information content (AvgIpc) is 2.61. The Morgan fingerprint density at radius 1 is 0.960 bits per heavy atom. The first-order valence-corrected chi connectivity index (χ1v) is 9.01. The van der Waals surface area contributed by atoms with Gasteiger partial charge in [-0.15, -0.1) is 0 Å². The van der Waals surface area contributed by atoms with Gasteiger partial charge in [0.25, 0.3) is 11.8 Å². The first-order chi connectivity index (χ1) is 11.8. The number of anilines is 1. The van der Waals surface area contributed by atoms with Gasteiger partial charge in [0.15, 0.2) is 0 Å². The van der Waals surface area contributed by atoms with Gasteiger partial charge in [-0.3, -0.25) is 9.59 Å². The highest BCUT2D eigenvalue weighted by molar-refractivity contribution is 7.89. The number of nitrogens with one attached hydrogen (secondary N) is 3. The van der Waals surface area contributed by atoms with Crippen molar-refractivity contribution in [2.75, 3.05) is 19.4 Å². The number of carbonyl (C=O) groups is 2. The summed E-state index contributed by atoms with van der Waals surface area (Å²) in [5.74, 6) is -0.809. The summed E-state index contributed by atoms with van der Waals surface area (Å²) < 4.78 is 25.9. The number of halogens is 1. The highest BCUT2D eigenvalue weighted by Crippen LogP contribution is 2.22. The van der Waals surface area contributed by atoms with Crippen LogP contribution in [0.2, 0.25) is 5.02 Å². The van der Waals surface area contributed by atoms with Crippen molar-refractivity contribution in [1.82, 2.24) is 10.0 Å². The van der Waals surface area contributed by atoms with Gasteiger partial charge in [0.05, 0.1) is 15.5 Å². The van der Waals surface area contributed by atoms with Crippen LogP contribution >= 0.6 is 11.6 Å². The van der Waals surface area contributed by atoms with E-state index in [1.807, 2.05) is 0 Å². The van der Waals surface area contributed by atoms with E-state index >= 15 is 0 Å². The van der Waals surface area contributed by atoms with Gasteiger partial charge in [0.2, 0.25) is 10.0 Å². The second-order valence-electron chi connectivity index (χ2n) is 4.96. The smallest absolute Gasteiger partial charge is 0.257 e. The van der Waals surface area contributed by atoms with Gasteiger partial charge in [-0.25, -0.2) is 13.1 Å². The Labute approximate surface area is 150 Å². The van der Waals surface area contributed by atoms with Gasteiger partial charge >= 0.3 is 0 Å². The van der Waals surface area contributed by atoms with Crippen LogP contribution in [0.3, 0.4) is 0 Å². The predicted octanol–water partition coefficient (Wildman–Crippen LogP) is 1.86. The van der Waals surface area contributed by atoms with Crippen molar-refractivity contribution in [2.45, 2.75) is 4.90 Å². The normalized spacial score (nSPS) is 11.0. The Morgan fingerprint density at radius 3 is 2.16 bits per heavy atom. The lowest BCUT2D eigenvalue weighted by atomic mass is 10.1. The van der Waals surface area contributed by atoms with Crippen LogP contribution in [0.1, 0.15) is 20.7 Å². The van der Waals surface area contributed by atoms with Gasteiger partial charge in [0.1, 0.15) is 0 Å². The van der Waals surface area contributed by atoms with Gasteiger partial charge in [-0.05, 0) is 49.5 Å². The molecule has 0 aliphatic rings. The molecule has 0 saturated carbocycles. The van der Waals surface area contributed by atoms with Crippen LogP contribution < -0.4 is 15.4 Å². The average molecular weight is 382 g/mol. The SMILES string of the molecule is CNC(=O)c1ccc(NC(=O)c2cc(S(=O)(=O)NC)ccc2Cl)cc1. The molecule has 0 unspecified atom stereocenters. The molecule has 3 N–H and O–H groups in total. The zero-order chi connectivity index (χ0) is 18.6. The fourth-order valence-electron chi connectivity index (χ4n) is 2.01. The molecule has 0 bridgehead atoms. The van der Waals surface area contributed by atoms with Crippen molar-refractivity contribution in [3.05, 3.63) is 58.6 Å². The molecule has 132 valence electrons. The summed E-state index contributed by atoms with van der Waals surface area (Å²) in [6.07, 6.45) is 0. The molecule has 0 radical (unpaired) electrons. The Kier molecular flexibility index (Phi) is 5.78. The van der Waals surface area contributed by atoms with Crippen LogP contribution in [0.25, 0.3) is 0 Å². The molecule has 25 heavy (non-hydrogen) atoms. The number of benzene rings is 2. The van der Waals surface area contributed by atoms with Gasteiger partial charge in [-0.2, -0.15) is 0 Å². The van der Waals surface area contributed by atoms with Crippen LogP contribution in [-0.2, 0) is 10.0 Å². The Hall–Kier alpha value is -2.42. The first-order valence-electron chi connectivity index (χ1n) is 7.15. The standard InChI is InChI=1S/C16H16ClN3O4S/c1-18-15(21)10-3-5-11(6-4-10)20-16(22)13-9-12(7-8-14(13)17)25(23,24)19-2/h3-9,19H,1-2H3,(H,18,21)(H,20,22). The van der Waals surface area contributed by atoms with Crippen LogP contribution in [0, 0.1) is 0 Å². The van der Waals surface area contributed by atoms with Crippen molar-refractivity contribution < 1.29 is 18.0 Å². The molecule has 0 saturated heterocycles. The van der Waals surface area contributed by atoms with E-state index in [4.69, 9.17) is 11.6 Å². The number of hydrogen-bond acceptors (Lipinski definition) is 4. The summed E-state index contributed by atoms with van der Waals surface area (Å²) in [6, 6.07) is 10.1. The summed E-state index contributed by atoms with van der Waals surface area (Å²) in [6.45, 7) is 0. The second kappa shape index (κ2) is 7.64. The summed E-state index contributed by atoms with van der Waals surface area (Å²) in [7, 11) is -0.899. The summed E-state index contributed by atoms with van der Waals surface area (Å²) >= 11 is 6.01. The Morgan fingerprint density at radius 2 is 1.60 bits per heavy atom. The molecule has 0 aliphatic carbocycles. The van der Waals surface area contributed by atoms with E-state index in [0.29, 0.717) is 11.3 Å². The lowest BCUT2D eigenvalue weighted by Crippen LogP contribution is -2.20. The van der Waals surface area contributed by atoms with Gasteiger partial charge in [-0.1, -0.05) is 11.6 Å². The second-order valence-corrected chi connectivity index (χ2v) is 7.25. The molecule has 0 aromatic heterocycles. The van der Waals surface area contributed by atoms with E-state index in [0.717, 1.165) is 0 Å². The third-order valence-corrected chi connectivity index (χ3v) is 5.14. The lowest BCUT2D eigenvalue weighted by molar-refractivity contribution is 0.0962. The first kappa shape index (κ1) is 18.9. The molecule has 0 spiro atoms. The maximum atomic E-state index is 12.4. The van der Waals surface area contributed by atoms with Crippen LogP contribution in [0.15, 0.2) is 47.4 Å². The number of hydrogen-bond donors (Lipinski definition) is 3. The largest absolute Gasteiger partial charge is 0.355 e. The fourth-order valence-corrected chi connectivity index (χ4v) is 2.97. The Bertz CT molecular complexity index is 911. The molecule has 2 rings (SSSR count). The minimum Gasteiger partial charge on any atom is -0.355 e. The highest BCUT2D eigenvalue weighted by atomic mass is 35.5. The molecule has 9 heteroatoms.